The van der Waals surface area contributed by atoms with Gasteiger partial charge in [-0.1, -0.05) is 36.8 Å². The number of amides is 2. The lowest BCUT2D eigenvalue weighted by molar-refractivity contribution is -0.190. The molecule has 1 unspecified atom stereocenters. The number of aromatic nitrogens is 1. The molecule has 0 bridgehead atoms. The predicted molar refractivity (Wildman–Crippen MR) is 142 cm³/mol. The maximum absolute atomic E-state index is 12.2. The van der Waals surface area contributed by atoms with E-state index in [4.69, 9.17) is 9.82 Å². The molecule has 2 aromatic rings. The Labute approximate surface area is 215 Å². The number of fused-ring (bicyclic) bond motifs is 2. The highest BCUT2D eigenvalue weighted by molar-refractivity contribution is 5.74. The Morgan fingerprint density at radius 2 is 1.83 bits per heavy atom. The van der Waals surface area contributed by atoms with Crippen molar-refractivity contribution in [2.24, 2.45) is 5.92 Å². The Morgan fingerprint density at radius 1 is 1.06 bits per heavy atom. The van der Waals surface area contributed by atoms with Crippen molar-refractivity contribution < 1.29 is 9.63 Å². The van der Waals surface area contributed by atoms with Gasteiger partial charge in [-0.2, -0.15) is 5.06 Å². The fraction of sp³-hybridized carbons (Fsp3) is 0.586. The lowest BCUT2D eigenvalue weighted by atomic mass is 9.95. The van der Waals surface area contributed by atoms with Gasteiger partial charge in [0.1, 0.15) is 0 Å². The molecule has 2 aliphatic heterocycles. The maximum Gasteiger partial charge on any atom is 0.317 e. The molecular weight excluding hydrogens is 450 g/mol. The van der Waals surface area contributed by atoms with Crippen LogP contribution in [-0.4, -0.2) is 78.3 Å². The molecule has 1 aromatic heterocycles. The van der Waals surface area contributed by atoms with Gasteiger partial charge in [-0.15, -0.1) is 0 Å². The Hall–Kier alpha value is -2.48. The number of carbonyl (C=O) groups excluding carboxylic acids is 1. The van der Waals surface area contributed by atoms with E-state index in [-0.39, 0.29) is 12.1 Å². The number of hydrogen-bond acceptors (Lipinski definition) is 5. The summed E-state index contributed by atoms with van der Waals surface area (Å²) in [6, 6.07) is 11.6. The molecule has 7 heteroatoms. The number of urea groups is 1. The zero-order valence-corrected chi connectivity index (χ0v) is 21.9. The van der Waals surface area contributed by atoms with Crippen LogP contribution in [0.2, 0.25) is 0 Å². The molecule has 1 aromatic carbocycles. The van der Waals surface area contributed by atoms with Gasteiger partial charge in [-0.3, -0.25) is 14.7 Å². The van der Waals surface area contributed by atoms with E-state index in [1.165, 1.54) is 27.9 Å². The molecule has 1 N–H and O–H groups in total. The zero-order valence-electron chi connectivity index (χ0n) is 21.9. The van der Waals surface area contributed by atoms with E-state index >= 15 is 0 Å². The molecule has 194 valence electrons. The Morgan fingerprint density at radius 3 is 2.61 bits per heavy atom. The third kappa shape index (κ3) is 5.74. The van der Waals surface area contributed by atoms with E-state index in [0.717, 1.165) is 84.5 Å². The third-order valence-electron chi connectivity index (χ3n) is 8.00. The number of pyridine rings is 1. The summed E-state index contributed by atoms with van der Waals surface area (Å²) in [4.78, 5) is 27.9. The number of rotatable bonds is 6. The maximum atomic E-state index is 12.2. The first-order valence-corrected chi connectivity index (χ1v) is 13.8. The second-order valence-corrected chi connectivity index (χ2v) is 10.6. The normalized spacial score (nSPS) is 21.5. The third-order valence-corrected chi connectivity index (χ3v) is 8.00. The lowest BCUT2D eigenvalue weighted by Crippen LogP contribution is -2.49. The molecule has 3 heterocycles. The Bertz CT molecular complexity index is 1030. The highest BCUT2D eigenvalue weighted by Gasteiger charge is 2.32. The molecule has 7 nitrogen and oxygen atoms in total. The fourth-order valence-corrected chi connectivity index (χ4v) is 5.86. The van der Waals surface area contributed by atoms with Crippen LogP contribution in [-0.2, 0) is 17.7 Å². The number of piperazine rings is 1. The van der Waals surface area contributed by atoms with Crippen molar-refractivity contribution in [3.8, 4) is 0 Å². The lowest BCUT2D eigenvalue weighted by Gasteiger charge is -2.40. The summed E-state index contributed by atoms with van der Waals surface area (Å²) >= 11 is 0. The molecule has 36 heavy (non-hydrogen) atoms. The van der Waals surface area contributed by atoms with Gasteiger partial charge in [0.2, 0.25) is 0 Å². The number of hydroxylamine groups is 2. The summed E-state index contributed by atoms with van der Waals surface area (Å²) in [5.74, 6) is 0.520. The van der Waals surface area contributed by atoms with Gasteiger partial charge in [0.15, 0.2) is 0 Å². The number of likely N-dealkylation sites (tertiary alicyclic amines) is 1. The molecule has 0 saturated carbocycles. The molecular formula is C29H41N5O2. The van der Waals surface area contributed by atoms with Crippen molar-refractivity contribution in [2.75, 3.05) is 52.4 Å². The van der Waals surface area contributed by atoms with Crippen molar-refractivity contribution in [3.05, 3.63) is 64.5 Å². The molecule has 2 fully saturated rings. The van der Waals surface area contributed by atoms with E-state index in [9.17, 15) is 4.79 Å². The number of benzene rings is 1. The van der Waals surface area contributed by atoms with E-state index in [1.807, 2.05) is 11.1 Å². The first kappa shape index (κ1) is 25.2. The van der Waals surface area contributed by atoms with Gasteiger partial charge in [0.05, 0.1) is 18.3 Å². The van der Waals surface area contributed by atoms with Crippen molar-refractivity contribution >= 4 is 6.03 Å². The van der Waals surface area contributed by atoms with Crippen LogP contribution in [0.15, 0.2) is 36.5 Å². The van der Waals surface area contributed by atoms with Crippen LogP contribution in [0, 0.1) is 12.8 Å². The molecule has 3 aliphatic rings. The van der Waals surface area contributed by atoms with Crippen LogP contribution >= 0.6 is 0 Å². The summed E-state index contributed by atoms with van der Waals surface area (Å²) < 4.78 is 0. The van der Waals surface area contributed by atoms with Crippen molar-refractivity contribution in [2.45, 2.75) is 52.0 Å². The van der Waals surface area contributed by atoms with Crippen LogP contribution in [0.5, 0.6) is 0 Å². The quantitative estimate of drug-likeness (QED) is 0.663. The zero-order chi connectivity index (χ0) is 24.9. The van der Waals surface area contributed by atoms with Gasteiger partial charge < -0.3 is 10.2 Å². The topological polar surface area (TPSA) is 60.9 Å². The SMILES string of the molecule is CCCNC(=O)N1CCC(CON2CCN(C3c4ccc(C)cc4CCc4cccnc43)CC2)CC1. The molecule has 0 spiro atoms. The largest absolute Gasteiger partial charge is 0.338 e. The number of nitrogens with one attached hydrogen (secondary N) is 1. The van der Waals surface area contributed by atoms with Crippen molar-refractivity contribution in [3.63, 3.8) is 0 Å². The molecule has 2 amide bonds. The van der Waals surface area contributed by atoms with Crippen LogP contribution in [0.25, 0.3) is 0 Å². The molecule has 0 radical (unpaired) electrons. The van der Waals surface area contributed by atoms with Crippen molar-refractivity contribution in [1.82, 2.24) is 25.2 Å². The molecule has 2 saturated heterocycles. The highest BCUT2D eigenvalue weighted by Crippen LogP contribution is 2.36. The first-order chi connectivity index (χ1) is 17.6. The number of nitrogens with zero attached hydrogens (tertiary/aromatic N) is 4. The second-order valence-electron chi connectivity index (χ2n) is 10.6. The van der Waals surface area contributed by atoms with Crippen LogP contribution < -0.4 is 5.32 Å². The van der Waals surface area contributed by atoms with Gasteiger partial charge in [0.25, 0.3) is 0 Å². The summed E-state index contributed by atoms with van der Waals surface area (Å²) in [6.45, 7) is 11.1. The van der Waals surface area contributed by atoms with Gasteiger partial charge in [-0.25, -0.2) is 4.79 Å². The summed E-state index contributed by atoms with van der Waals surface area (Å²) in [5.41, 5.74) is 6.82. The van der Waals surface area contributed by atoms with Gasteiger partial charge in [0, 0.05) is 52.0 Å². The molecule has 1 atom stereocenters. The number of hydrogen-bond donors (Lipinski definition) is 1. The minimum absolute atomic E-state index is 0.0821. The number of piperidine rings is 1. The average molecular weight is 492 g/mol. The predicted octanol–water partition coefficient (Wildman–Crippen LogP) is 3.96. The van der Waals surface area contributed by atoms with Crippen LogP contribution in [0.1, 0.15) is 60.2 Å². The smallest absolute Gasteiger partial charge is 0.317 e. The van der Waals surface area contributed by atoms with Crippen molar-refractivity contribution in [1.29, 1.82) is 0 Å². The van der Waals surface area contributed by atoms with Gasteiger partial charge in [-0.05, 0) is 67.7 Å². The molecule has 1 aliphatic carbocycles. The Kier molecular flexibility index (Phi) is 8.19. The second kappa shape index (κ2) is 11.7. The summed E-state index contributed by atoms with van der Waals surface area (Å²) in [5, 5.41) is 5.14. The minimum Gasteiger partial charge on any atom is -0.338 e. The Balaban J connectivity index is 1.15. The number of aryl methyl sites for hydroxylation is 3. The van der Waals surface area contributed by atoms with E-state index in [2.05, 4.69) is 59.5 Å². The van der Waals surface area contributed by atoms with E-state index in [1.54, 1.807) is 0 Å². The fourth-order valence-electron chi connectivity index (χ4n) is 5.86. The van der Waals surface area contributed by atoms with E-state index < -0.39 is 0 Å². The summed E-state index contributed by atoms with van der Waals surface area (Å²) in [6.07, 6.45) is 7.08. The van der Waals surface area contributed by atoms with Gasteiger partial charge >= 0.3 is 6.03 Å². The summed E-state index contributed by atoms with van der Waals surface area (Å²) in [7, 11) is 0. The van der Waals surface area contributed by atoms with Crippen LogP contribution in [0.3, 0.4) is 0 Å². The van der Waals surface area contributed by atoms with E-state index in [0.29, 0.717) is 5.92 Å². The average Bonchev–Trinajstić information content (AvgIpc) is 3.08. The number of carbonyl (C=O) groups is 1. The minimum atomic E-state index is 0.0821. The first-order valence-electron chi connectivity index (χ1n) is 13.8. The monoisotopic (exact) mass is 491 g/mol. The molecule has 5 rings (SSSR count). The standard InChI is InChI=1S/C29H41N5O2/c1-3-12-31-29(35)33-14-10-23(11-15-33)21-36-34-18-16-32(17-19-34)28-26-9-6-22(2)20-25(26)8-7-24-5-4-13-30-27(24)28/h4-6,9,13,20,23,28H,3,7-8,10-12,14-19,21H2,1-2H3,(H,31,35). The van der Waals surface area contributed by atoms with Crippen LogP contribution in [0.4, 0.5) is 4.79 Å². The highest BCUT2D eigenvalue weighted by atomic mass is 16.7.